The lowest BCUT2D eigenvalue weighted by Gasteiger charge is -2.10. The molecule has 5 nitrogen and oxygen atoms in total. The summed E-state index contributed by atoms with van der Waals surface area (Å²) in [5.74, 6) is -0.852. The number of carbonyl (C=O) groups is 1. The average molecular weight is 205 g/mol. The molecule has 0 aliphatic carbocycles. The van der Waals surface area contributed by atoms with Gasteiger partial charge in [0.1, 0.15) is 6.33 Å². The van der Waals surface area contributed by atoms with E-state index in [1.165, 1.54) is 0 Å². The third-order valence-corrected chi connectivity index (χ3v) is 2.35. The van der Waals surface area contributed by atoms with E-state index in [0.29, 0.717) is 0 Å². The summed E-state index contributed by atoms with van der Waals surface area (Å²) in [5.41, 5.74) is 1.66. The van der Waals surface area contributed by atoms with Gasteiger partial charge in [-0.3, -0.25) is 9.20 Å². The molecule has 1 unspecified atom stereocenters. The number of hydrogen-bond donors (Lipinski definition) is 1. The van der Waals surface area contributed by atoms with Gasteiger partial charge in [0.05, 0.1) is 6.42 Å². The van der Waals surface area contributed by atoms with Gasteiger partial charge in [0, 0.05) is 11.6 Å². The van der Waals surface area contributed by atoms with Crippen molar-refractivity contribution >= 4 is 11.6 Å². The third kappa shape index (κ3) is 1.81. The molecule has 0 amide bonds. The highest BCUT2D eigenvalue weighted by Crippen LogP contribution is 2.19. The quantitative estimate of drug-likeness (QED) is 0.820. The minimum absolute atomic E-state index is 0.0535. The normalized spacial score (nSPS) is 12.9. The minimum atomic E-state index is -0.799. The molecule has 2 heterocycles. The third-order valence-electron chi connectivity index (χ3n) is 2.35. The van der Waals surface area contributed by atoms with Crippen molar-refractivity contribution in [2.75, 3.05) is 0 Å². The molecule has 5 heteroatoms. The van der Waals surface area contributed by atoms with E-state index in [-0.39, 0.29) is 12.3 Å². The lowest BCUT2D eigenvalue weighted by molar-refractivity contribution is -0.137. The van der Waals surface area contributed by atoms with Gasteiger partial charge >= 0.3 is 5.97 Å². The predicted octanol–water partition coefficient (Wildman–Crippen LogP) is 1.31. The fraction of sp³-hybridized carbons (Fsp3) is 0.300. The number of rotatable bonds is 3. The van der Waals surface area contributed by atoms with Crippen LogP contribution in [0.25, 0.3) is 5.65 Å². The van der Waals surface area contributed by atoms with E-state index in [4.69, 9.17) is 5.11 Å². The molecule has 0 spiro atoms. The summed E-state index contributed by atoms with van der Waals surface area (Å²) in [5, 5.41) is 16.4. The molecule has 1 N–H and O–H groups in total. The lowest BCUT2D eigenvalue weighted by Crippen LogP contribution is -2.06. The molecular formula is C10H11N3O2. The summed E-state index contributed by atoms with van der Waals surface area (Å²) in [6.45, 7) is 1.88. The Morgan fingerprint density at radius 1 is 1.60 bits per heavy atom. The first-order valence-corrected chi connectivity index (χ1v) is 4.69. The van der Waals surface area contributed by atoms with Gasteiger partial charge in [0.2, 0.25) is 0 Å². The van der Waals surface area contributed by atoms with E-state index in [9.17, 15) is 4.79 Å². The van der Waals surface area contributed by atoms with Crippen LogP contribution in [0.3, 0.4) is 0 Å². The number of pyridine rings is 1. The molecule has 2 rings (SSSR count). The highest BCUT2D eigenvalue weighted by Gasteiger charge is 2.13. The molecule has 2 aromatic rings. The van der Waals surface area contributed by atoms with Crippen LogP contribution in [0, 0.1) is 0 Å². The Hall–Kier alpha value is -1.91. The topological polar surface area (TPSA) is 67.5 Å². The second-order valence-electron chi connectivity index (χ2n) is 3.51. The zero-order valence-electron chi connectivity index (χ0n) is 8.29. The lowest BCUT2D eigenvalue weighted by atomic mass is 10.0. The van der Waals surface area contributed by atoms with Crippen molar-refractivity contribution in [3.63, 3.8) is 0 Å². The summed E-state index contributed by atoms with van der Waals surface area (Å²) in [6.07, 6.45) is 1.71. The number of hydrogen-bond acceptors (Lipinski definition) is 3. The van der Waals surface area contributed by atoms with Crippen LogP contribution >= 0.6 is 0 Å². The van der Waals surface area contributed by atoms with Crippen LogP contribution in [-0.4, -0.2) is 25.7 Å². The van der Waals surface area contributed by atoms with Crippen LogP contribution in [0.1, 0.15) is 25.0 Å². The first-order valence-electron chi connectivity index (χ1n) is 4.69. The Morgan fingerprint density at radius 2 is 2.40 bits per heavy atom. The summed E-state index contributed by atoms with van der Waals surface area (Å²) >= 11 is 0. The largest absolute Gasteiger partial charge is 0.481 e. The van der Waals surface area contributed by atoms with E-state index < -0.39 is 5.97 Å². The SMILES string of the molecule is CC(CC(=O)O)c1cccc2nncn12. The molecule has 0 aliphatic heterocycles. The summed E-state index contributed by atoms with van der Waals surface area (Å²) in [7, 11) is 0. The van der Waals surface area contributed by atoms with Crippen LogP contribution < -0.4 is 0 Å². The number of aromatic nitrogens is 3. The van der Waals surface area contributed by atoms with E-state index in [0.717, 1.165) is 11.3 Å². The molecule has 15 heavy (non-hydrogen) atoms. The van der Waals surface area contributed by atoms with Crippen molar-refractivity contribution in [1.82, 2.24) is 14.6 Å². The van der Waals surface area contributed by atoms with E-state index in [1.807, 2.05) is 29.5 Å². The van der Waals surface area contributed by atoms with Crippen molar-refractivity contribution in [2.24, 2.45) is 0 Å². The molecule has 0 aliphatic rings. The zero-order valence-corrected chi connectivity index (χ0v) is 8.29. The maximum Gasteiger partial charge on any atom is 0.304 e. The monoisotopic (exact) mass is 205 g/mol. The summed E-state index contributed by atoms with van der Waals surface area (Å²) in [6, 6.07) is 5.59. The van der Waals surface area contributed by atoms with E-state index in [2.05, 4.69) is 10.2 Å². The second kappa shape index (κ2) is 3.68. The van der Waals surface area contributed by atoms with Gasteiger partial charge in [-0.1, -0.05) is 13.0 Å². The Balaban J connectivity index is 2.42. The van der Waals surface area contributed by atoms with Crippen LogP contribution in [-0.2, 0) is 4.79 Å². The zero-order chi connectivity index (χ0) is 10.8. The standard InChI is InChI=1S/C10H11N3O2/c1-7(5-10(14)15)8-3-2-4-9-12-11-6-13(8)9/h2-4,6-7H,5H2,1H3,(H,14,15). The molecule has 0 saturated heterocycles. The van der Waals surface area contributed by atoms with Gasteiger partial charge in [-0.15, -0.1) is 10.2 Å². The van der Waals surface area contributed by atoms with Gasteiger partial charge in [-0.2, -0.15) is 0 Å². The molecule has 0 radical (unpaired) electrons. The van der Waals surface area contributed by atoms with Crippen molar-refractivity contribution < 1.29 is 9.90 Å². The summed E-state index contributed by atoms with van der Waals surface area (Å²) < 4.78 is 1.81. The van der Waals surface area contributed by atoms with Crippen LogP contribution in [0.4, 0.5) is 0 Å². The number of aliphatic carboxylic acids is 1. The molecule has 2 aromatic heterocycles. The first kappa shape index (κ1) is 9.64. The van der Waals surface area contributed by atoms with Crippen LogP contribution in [0.15, 0.2) is 24.5 Å². The van der Waals surface area contributed by atoms with E-state index >= 15 is 0 Å². The molecular weight excluding hydrogens is 194 g/mol. The van der Waals surface area contributed by atoms with Crippen molar-refractivity contribution in [3.8, 4) is 0 Å². The highest BCUT2D eigenvalue weighted by atomic mass is 16.4. The number of carboxylic acid groups (broad SMARTS) is 1. The van der Waals surface area contributed by atoms with Crippen LogP contribution in [0.2, 0.25) is 0 Å². The number of fused-ring (bicyclic) bond motifs is 1. The maximum absolute atomic E-state index is 10.6. The molecule has 1 atom stereocenters. The smallest absolute Gasteiger partial charge is 0.304 e. The Kier molecular flexibility index (Phi) is 2.37. The Morgan fingerprint density at radius 3 is 3.13 bits per heavy atom. The van der Waals surface area contributed by atoms with Gasteiger partial charge < -0.3 is 5.11 Å². The summed E-state index contributed by atoms with van der Waals surface area (Å²) in [4.78, 5) is 10.6. The number of nitrogens with zero attached hydrogens (tertiary/aromatic N) is 3. The predicted molar refractivity (Wildman–Crippen MR) is 53.7 cm³/mol. The van der Waals surface area contributed by atoms with Gasteiger partial charge in [-0.05, 0) is 12.1 Å². The van der Waals surface area contributed by atoms with Gasteiger partial charge in [0.25, 0.3) is 0 Å². The van der Waals surface area contributed by atoms with Crippen molar-refractivity contribution in [1.29, 1.82) is 0 Å². The van der Waals surface area contributed by atoms with E-state index in [1.54, 1.807) is 6.33 Å². The van der Waals surface area contributed by atoms with Crippen LogP contribution in [0.5, 0.6) is 0 Å². The average Bonchev–Trinajstić information content (AvgIpc) is 2.63. The second-order valence-corrected chi connectivity index (χ2v) is 3.51. The molecule has 0 aromatic carbocycles. The number of carboxylic acids is 1. The fourth-order valence-electron chi connectivity index (χ4n) is 1.64. The first-order chi connectivity index (χ1) is 7.18. The van der Waals surface area contributed by atoms with Crippen molar-refractivity contribution in [2.45, 2.75) is 19.3 Å². The maximum atomic E-state index is 10.6. The molecule has 78 valence electrons. The highest BCUT2D eigenvalue weighted by molar-refractivity contribution is 5.67. The fourth-order valence-corrected chi connectivity index (χ4v) is 1.64. The Labute approximate surface area is 86.4 Å². The molecule has 0 fully saturated rings. The molecule has 0 bridgehead atoms. The molecule has 0 saturated carbocycles. The minimum Gasteiger partial charge on any atom is -0.481 e. The van der Waals surface area contributed by atoms with Gasteiger partial charge in [-0.25, -0.2) is 0 Å². The van der Waals surface area contributed by atoms with Crippen molar-refractivity contribution in [3.05, 3.63) is 30.2 Å². The van der Waals surface area contributed by atoms with Gasteiger partial charge in [0.15, 0.2) is 5.65 Å². The Bertz CT molecular complexity index is 492.